The number of phenols is 1. The molecule has 0 aromatic heterocycles. The molecule has 0 unspecified atom stereocenters. The molecule has 0 bridgehead atoms. The summed E-state index contributed by atoms with van der Waals surface area (Å²) in [6.07, 6.45) is 1.72. The first kappa shape index (κ1) is 26.0. The van der Waals surface area contributed by atoms with E-state index in [0.29, 0.717) is 24.1 Å². The van der Waals surface area contributed by atoms with Crippen LogP contribution in [0.2, 0.25) is 0 Å². The van der Waals surface area contributed by atoms with E-state index in [1.807, 2.05) is 12.1 Å². The predicted octanol–water partition coefficient (Wildman–Crippen LogP) is 2.57. The summed E-state index contributed by atoms with van der Waals surface area (Å²) >= 11 is 0. The van der Waals surface area contributed by atoms with Crippen molar-refractivity contribution in [3.05, 3.63) is 23.3 Å². The third kappa shape index (κ3) is 7.37. The van der Waals surface area contributed by atoms with E-state index in [2.05, 4.69) is 79.9 Å². The van der Waals surface area contributed by atoms with Crippen molar-refractivity contribution in [1.29, 1.82) is 0 Å². The molecule has 2 rings (SSSR count). The molecule has 0 saturated carbocycles. The van der Waals surface area contributed by atoms with E-state index < -0.39 is 6.10 Å². The Bertz CT molecular complexity index is 706. The van der Waals surface area contributed by atoms with Crippen LogP contribution in [0.25, 0.3) is 0 Å². The third-order valence-corrected chi connectivity index (χ3v) is 6.24. The Morgan fingerprint density at radius 2 is 1.45 bits per heavy atom. The van der Waals surface area contributed by atoms with E-state index in [0.717, 1.165) is 24.0 Å². The van der Waals surface area contributed by atoms with Crippen LogP contribution in [0.15, 0.2) is 12.1 Å². The minimum atomic E-state index is -0.540. The van der Waals surface area contributed by atoms with Crippen molar-refractivity contribution in [3.63, 3.8) is 0 Å². The van der Waals surface area contributed by atoms with Gasteiger partial charge in [-0.2, -0.15) is 0 Å². The molecule has 5 nitrogen and oxygen atoms in total. The Morgan fingerprint density at radius 3 is 1.87 bits per heavy atom. The molecular weight excluding hydrogens is 388 g/mol. The smallest absolute Gasteiger partial charge is 0.137 e. The van der Waals surface area contributed by atoms with Crippen LogP contribution in [0.3, 0.4) is 0 Å². The minimum absolute atomic E-state index is 0.201. The van der Waals surface area contributed by atoms with E-state index in [-0.39, 0.29) is 28.5 Å². The standard InChI is InChI=1S/C26H46N2O3/c1-23(2,3)20-11-19(12-21(22(20)30)24(4,5)6)31-16-18(29)15-27-17-13-25(7,8)28-26(9,10)14-17/h11-12,17-18,27-30H,13-16H2,1-10H3/p+2/t18-/m1/s1. The van der Waals surface area contributed by atoms with Crippen LogP contribution in [0.5, 0.6) is 11.5 Å². The number of hydrogen-bond acceptors (Lipinski definition) is 3. The summed E-state index contributed by atoms with van der Waals surface area (Å²) in [7, 11) is 0. The quantitative estimate of drug-likeness (QED) is 0.553. The zero-order valence-electron chi connectivity index (χ0n) is 21.6. The lowest BCUT2D eigenvalue weighted by molar-refractivity contribution is -0.814. The summed E-state index contributed by atoms with van der Waals surface area (Å²) in [6, 6.07) is 4.35. The lowest BCUT2D eigenvalue weighted by atomic mass is 9.79. The Kier molecular flexibility index (Phi) is 7.46. The first-order valence-electron chi connectivity index (χ1n) is 11.8. The molecule has 1 atom stereocenters. The fourth-order valence-corrected chi connectivity index (χ4v) is 5.21. The van der Waals surface area contributed by atoms with Gasteiger partial charge >= 0.3 is 0 Å². The Labute approximate surface area is 190 Å². The number of aliphatic hydroxyl groups excluding tert-OH is 1. The Balaban J connectivity index is 2.04. The van der Waals surface area contributed by atoms with Gasteiger partial charge in [0.1, 0.15) is 30.8 Å². The second-order valence-electron chi connectivity index (χ2n) is 13.1. The topological polar surface area (TPSA) is 82.9 Å². The molecule has 1 heterocycles. The van der Waals surface area contributed by atoms with Crippen molar-refractivity contribution in [2.75, 3.05) is 13.2 Å². The molecule has 0 radical (unpaired) electrons. The molecule has 6 N–H and O–H groups in total. The molecule has 0 aliphatic carbocycles. The maximum Gasteiger partial charge on any atom is 0.137 e. The number of ether oxygens (including phenoxy) is 1. The third-order valence-electron chi connectivity index (χ3n) is 6.24. The Hall–Kier alpha value is -1.30. The molecule has 0 spiro atoms. The zero-order valence-corrected chi connectivity index (χ0v) is 21.6. The molecule has 5 heteroatoms. The van der Waals surface area contributed by atoms with Gasteiger partial charge in [-0.15, -0.1) is 0 Å². The van der Waals surface area contributed by atoms with Gasteiger partial charge in [0.2, 0.25) is 0 Å². The first-order chi connectivity index (χ1) is 13.9. The number of quaternary nitrogens is 2. The first-order valence-corrected chi connectivity index (χ1v) is 11.8. The van der Waals surface area contributed by atoms with E-state index in [1.165, 1.54) is 0 Å². The number of phenolic OH excluding ortho intramolecular Hbond substituents is 1. The molecule has 1 aromatic rings. The highest BCUT2D eigenvalue weighted by Crippen LogP contribution is 2.41. The number of nitrogens with two attached hydrogens (primary N) is 2. The zero-order chi connectivity index (χ0) is 23.8. The number of rotatable bonds is 6. The average molecular weight is 437 g/mol. The van der Waals surface area contributed by atoms with Crippen LogP contribution in [0.1, 0.15) is 93.2 Å². The van der Waals surface area contributed by atoms with Gasteiger partial charge in [-0.05, 0) is 50.7 Å². The van der Waals surface area contributed by atoms with Crippen LogP contribution in [-0.2, 0) is 10.8 Å². The molecule has 1 aliphatic heterocycles. The van der Waals surface area contributed by atoms with Crippen molar-refractivity contribution in [1.82, 2.24) is 0 Å². The number of aliphatic hydroxyl groups is 1. The molecule has 178 valence electrons. The summed E-state index contributed by atoms with van der Waals surface area (Å²) in [5.74, 6) is 1.06. The van der Waals surface area contributed by atoms with Crippen LogP contribution in [0, 0.1) is 0 Å². The van der Waals surface area contributed by atoms with E-state index >= 15 is 0 Å². The molecule has 0 amide bonds. The number of piperidine rings is 1. The molecule has 31 heavy (non-hydrogen) atoms. The molecule has 1 aromatic carbocycles. The summed E-state index contributed by atoms with van der Waals surface area (Å²) in [5.41, 5.74) is 1.80. The van der Waals surface area contributed by atoms with Crippen LogP contribution in [-0.4, -0.2) is 46.6 Å². The SMILES string of the molecule is CC1(C)CC([NH2+]C[C@@H](O)COc2cc(C(C)(C)C)c(O)c(C(C)(C)C)c2)CC(C)(C)[NH2+]1. The van der Waals surface area contributed by atoms with Gasteiger partial charge in [0.15, 0.2) is 0 Å². The normalized spacial score (nSPS) is 20.5. The monoisotopic (exact) mass is 436 g/mol. The van der Waals surface area contributed by atoms with Crippen LogP contribution < -0.4 is 15.4 Å². The average Bonchev–Trinajstić information content (AvgIpc) is 2.54. The van der Waals surface area contributed by atoms with E-state index in [9.17, 15) is 10.2 Å². The van der Waals surface area contributed by atoms with Crippen molar-refractivity contribution in [2.24, 2.45) is 0 Å². The van der Waals surface area contributed by atoms with Crippen molar-refractivity contribution >= 4 is 0 Å². The van der Waals surface area contributed by atoms with Gasteiger partial charge in [0.05, 0.1) is 30.0 Å². The van der Waals surface area contributed by atoms with E-state index in [4.69, 9.17) is 4.74 Å². The van der Waals surface area contributed by atoms with Gasteiger partial charge in [-0.1, -0.05) is 41.5 Å². The second-order valence-corrected chi connectivity index (χ2v) is 13.1. The van der Waals surface area contributed by atoms with Gasteiger partial charge in [0.25, 0.3) is 0 Å². The fourth-order valence-electron chi connectivity index (χ4n) is 5.21. The number of benzene rings is 1. The van der Waals surface area contributed by atoms with Crippen molar-refractivity contribution < 1.29 is 25.6 Å². The van der Waals surface area contributed by atoms with Crippen molar-refractivity contribution in [2.45, 2.75) is 116 Å². The summed E-state index contributed by atoms with van der Waals surface area (Å²) in [4.78, 5) is 0. The van der Waals surface area contributed by atoms with Gasteiger partial charge in [0, 0.05) is 11.1 Å². The number of hydrogen-bond donors (Lipinski definition) is 4. The van der Waals surface area contributed by atoms with Crippen LogP contribution in [0.4, 0.5) is 0 Å². The summed E-state index contributed by atoms with van der Waals surface area (Å²) < 4.78 is 6.03. The predicted molar refractivity (Wildman–Crippen MR) is 127 cm³/mol. The highest BCUT2D eigenvalue weighted by molar-refractivity contribution is 5.51. The lowest BCUT2D eigenvalue weighted by Gasteiger charge is -2.41. The fraction of sp³-hybridized carbons (Fsp3) is 0.769. The molecule has 1 fully saturated rings. The van der Waals surface area contributed by atoms with Gasteiger partial charge in [-0.3, -0.25) is 0 Å². The van der Waals surface area contributed by atoms with Crippen molar-refractivity contribution in [3.8, 4) is 11.5 Å². The van der Waals surface area contributed by atoms with E-state index in [1.54, 1.807) is 0 Å². The summed E-state index contributed by atoms with van der Waals surface area (Å²) in [5, 5.41) is 26.2. The molecule has 1 saturated heterocycles. The highest BCUT2D eigenvalue weighted by Gasteiger charge is 2.43. The second kappa shape index (κ2) is 8.92. The molecular formula is C26H48N2O3+2. The maximum absolute atomic E-state index is 10.9. The Morgan fingerprint density at radius 1 is 1.00 bits per heavy atom. The summed E-state index contributed by atoms with van der Waals surface area (Å²) in [6.45, 7) is 22.6. The number of aromatic hydroxyl groups is 1. The lowest BCUT2D eigenvalue weighted by Crippen LogP contribution is -3.09. The van der Waals surface area contributed by atoms with Gasteiger partial charge in [-0.25, -0.2) is 0 Å². The largest absolute Gasteiger partial charge is 0.507 e. The van der Waals surface area contributed by atoms with Gasteiger partial charge < -0.3 is 25.6 Å². The molecule has 1 aliphatic rings. The highest BCUT2D eigenvalue weighted by atomic mass is 16.5. The minimum Gasteiger partial charge on any atom is -0.507 e. The van der Waals surface area contributed by atoms with Crippen LogP contribution >= 0.6 is 0 Å². The maximum atomic E-state index is 10.9.